The average Bonchev–Trinajstić information content (AvgIpc) is 3.71. The van der Waals surface area contributed by atoms with E-state index in [4.69, 9.17) is 15.0 Å². The van der Waals surface area contributed by atoms with Gasteiger partial charge in [-0.25, -0.2) is 4.98 Å². The Kier molecular flexibility index (Phi) is 7.00. The first-order valence-corrected chi connectivity index (χ1v) is 16.1. The molecule has 5 heteroatoms. The summed E-state index contributed by atoms with van der Waals surface area (Å²) < 4.78 is 2.20. The van der Waals surface area contributed by atoms with Crippen molar-refractivity contribution in [3.8, 4) is 39.3 Å². The number of pyridine rings is 2. The molecule has 0 bridgehead atoms. The standard InChI is InChI=1S/C44H26N4.Pt/c1-2-11-29-24-30(22-21-28(29)10-1)32-26-40(46-41(27-32)38-17-8-16-36-34-14-3-5-19-39(34)47-43(36)38)31-12-7-13-33(25-31)48-42-20-6-4-15-35(42)37-18-9-23-45-44(37)48;/h1-24,26-27H;/q-2;+2. The summed E-state index contributed by atoms with van der Waals surface area (Å²) in [7, 11) is 0. The first-order chi connectivity index (χ1) is 23.8. The Morgan fingerprint density at radius 1 is 0.551 bits per heavy atom. The Balaban J connectivity index is 0.00000325. The molecule has 0 aliphatic carbocycles. The topological polar surface area (TPSA) is 44.8 Å². The zero-order valence-corrected chi connectivity index (χ0v) is 28.4. The summed E-state index contributed by atoms with van der Waals surface area (Å²) in [5, 5.41) is 6.99. The number of fused-ring (bicyclic) bond motifs is 7. The van der Waals surface area contributed by atoms with Crippen molar-refractivity contribution in [1.82, 2.24) is 19.5 Å². The van der Waals surface area contributed by atoms with E-state index in [0.717, 1.165) is 77.7 Å². The van der Waals surface area contributed by atoms with Crippen molar-refractivity contribution in [1.29, 1.82) is 0 Å². The normalized spacial score (nSPS) is 11.5. The minimum absolute atomic E-state index is 0. The second-order valence-corrected chi connectivity index (χ2v) is 12.2. The van der Waals surface area contributed by atoms with Gasteiger partial charge in [0.1, 0.15) is 5.65 Å². The van der Waals surface area contributed by atoms with Gasteiger partial charge in [0.05, 0.1) is 11.2 Å². The van der Waals surface area contributed by atoms with E-state index in [2.05, 4.69) is 150 Å². The first kappa shape index (κ1) is 29.3. The second kappa shape index (κ2) is 11.7. The van der Waals surface area contributed by atoms with Gasteiger partial charge in [-0.1, -0.05) is 103 Å². The van der Waals surface area contributed by atoms with Crippen molar-refractivity contribution in [3.05, 3.63) is 164 Å². The van der Waals surface area contributed by atoms with Crippen LogP contribution < -0.4 is 4.98 Å². The number of hydrogen-bond donors (Lipinski definition) is 0. The van der Waals surface area contributed by atoms with Crippen LogP contribution >= 0.6 is 0 Å². The Bertz CT molecular complexity index is 2810. The summed E-state index contributed by atoms with van der Waals surface area (Å²) in [6.45, 7) is 0. The summed E-state index contributed by atoms with van der Waals surface area (Å²) in [4.78, 5) is 15.2. The van der Waals surface area contributed by atoms with Gasteiger partial charge in [-0.3, -0.25) is 4.98 Å². The third kappa shape index (κ3) is 4.79. The van der Waals surface area contributed by atoms with Crippen LogP contribution in [-0.4, -0.2) is 14.5 Å². The van der Waals surface area contributed by atoms with Crippen molar-refractivity contribution in [2.24, 2.45) is 0 Å². The van der Waals surface area contributed by atoms with Gasteiger partial charge < -0.3 is 9.55 Å². The molecule has 10 aromatic rings. The van der Waals surface area contributed by atoms with E-state index >= 15 is 0 Å². The van der Waals surface area contributed by atoms with Crippen molar-refractivity contribution in [3.63, 3.8) is 0 Å². The van der Waals surface area contributed by atoms with Gasteiger partial charge in [0, 0.05) is 17.0 Å². The van der Waals surface area contributed by atoms with E-state index in [1.165, 1.54) is 16.2 Å². The summed E-state index contributed by atoms with van der Waals surface area (Å²) in [6, 6.07) is 56.8. The first-order valence-electron chi connectivity index (χ1n) is 16.1. The smallest absolute Gasteiger partial charge is 0.656 e. The van der Waals surface area contributed by atoms with Crippen LogP contribution in [0.5, 0.6) is 0 Å². The predicted molar refractivity (Wildman–Crippen MR) is 197 cm³/mol. The zero-order valence-electron chi connectivity index (χ0n) is 26.1. The van der Waals surface area contributed by atoms with E-state index in [-0.39, 0.29) is 21.1 Å². The Morgan fingerprint density at radius 2 is 1.31 bits per heavy atom. The maximum Gasteiger partial charge on any atom is 2.00 e. The zero-order chi connectivity index (χ0) is 31.6. The molecule has 0 saturated heterocycles. The minimum Gasteiger partial charge on any atom is -0.656 e. The molecule has 0 fully saturated rings. The minimum atomic E-state index is 0. The van der Waals surface area contributed by atoms with Crippen LogP contribution in [0.2, 0.25) is 0 Å². The largest absolute Gasteiger partial charge is 2.00 e. The molecular weight excluding hydrogens is 780 g/mol. The van der Waals surface area contributed by atoms with Crippen molar-refractivity contribution in [2.45, 2.75) is 0 Å². The molecule has 0 unspecified atom stereocenters. The quantitative estimate of drug-likeness (QED) is 0.166. The number of para-hydroxylation sites is 3. The van der Waals surface area contributed by atoms with Crippen LogP contribution in [-0.2, 0) is 21.1 Å². The van der Waals surface area contributed by atoms with Crippen molar-refractivity contribution >= 4 is 54.5 Å². The van der Waals surface area contributed by atoms with Gasteiger partial charge in [-0.15, -0.1) is 40.9 Å². The van der Waals surface area contributed by atoms with Gasteiger partial charge in [-0.2, -0.15) is 0 Å². The van der Waals surface area contributed by atoms with Crippen LogP contribution in [0, 0.1) is 6.07 Å². The molecule has 6 aromatic carbocycles. The molecule has 232 valence electrons. The molecule has 0 saturated carbocycles. The monoisotopic (exact) mass is 805 g/mol. The summed E-state index contributed by atoms with van der Waals surface area (Å²) in [6.07, 6.45) is 1.85. The fourth-order valence-corrected chi connectivity index (χ4v) is 7.13. The molecule has 0 atom stereocenters. The third-order valence-electron chi connectivity index (χ3n) is 9.38. The van der Waals surface area contributed by atoms with Crippen LogP contribution in [0.3, 0.4) is 0 Å². The average molecular weight is 806 g/mol. The van der Waals surface area contributed by atoms with Crippen LogP contribution in [0.1, 0.15) is 0 Å². The summed E-state index contributed by atoms with van der Waals surface area (Å²) >= 11 is 0. The Morgan fingerprint density at radius 3 is 2.24 bits per heavy atom. The number of aromatic nitrogens is 4. The van der Waals surface area contributed by atoms with E-state index < -0.39 is 0 Å². The van der Waals surface area contributed by atoms with Gasteiger partial charge in [0.25, 0.3) is 0 Å². The van der Waals surface area contributed by atoms with Crippen molar-refractivity contribution in [2.75, 3.05) is 0 Å². The van der Waals surface area contributed by atoms with Gasteiger partial charge in [0.15, 0.2) is 0 Å². The molecular formula is C44H26N4Pt. The maximum absolute atomic E-state index is 5.33. The van der Waals surface area contributed by atoms with Gasteiger partial charge in [0.2, 0.25) is 0 Å². The molecule has 0 amide bonds. The fourth-order valence-electron chi connectivity index (χ4n) is 7.13. The number of benzene rings is 6. The van der Waals surface area contributed by atoms with E-state index in [9.17, 15) is 0 Å². The molecule has 0 aliphatic heterocycles. The van der Waals surface area contributed by atoms with Crippen LogP contribution in [0.25, 0.3) is 93.8 Å². The molecule has 4 aromatic heterocycles. The summed E-state index contributed by atoms with van der Waals surface area (Å²) in [5.74, 6) is 0. The molecule has 49 heavy (non-hydrogen) atoms. The van der Waals surface area contributed by atoms with E-state index in [1.807, 2.05) is 18.3 Å². The van der Waals surface area contributed by atoms with Crippen LogP contribution in [0.15, 0.2) is 158 Å². The number of nitrogens with zero attached hydrogens (tertiary/aromatic N) is 4. The molecule has 10 rings (SSSR count). The van der Waals surface area contributed by atoms with E-state index in [0.29, 0.717) is 0 Å². The second-order valence-electron chi connectivity index (χ2n) is 12.2. The van der Waals surface area contributed by atoms with Crippen molar-refractivity contribution < 1.29 is 21.1 Å². The van der Waals surface area contributed by atoms with Gasteiger partial charge >= 0.3 is 21.1 Å². The molecule has 0 spiro atoms. The third-order valence-corrected chi connectivity index (χ3v) is 9.38. The molecule has 4 heterocycles. The molecule has 0 N–H and O–H groups in total. The predicted octanol–water partition coefficient (Wildman–Crippen LogP) is 10.8. The van der Waals surface area contributed by atoms with Crippen LogP contribution in [0.4, 0.5) is 0 Å². The number of hydrogen-bond acceptors (Lipinski definition) is 2. The van der Waals surface area contributed by atoms with Gasteiger partial charge in [-0.05, 0) is 79.9 Å². The molecule has 4 nitrogen and oxygen atoms in total. The van der Waals surface area contributed by atoms with E-state index in [1.54, 1.807) is 0 Å². The number of rotatable bonds is 4. The fraction of sp³-hybridized carbons (Fsp3) is 0. The summed E-state index contributed by atoms with van der Waals surface area (Å²) in [5.41, 5.74) is 10.7. The maximum atomic E-state index is 5.33. The Hall–Kier alpha value is -5.83. The SMILES string of the molecule is [Pt+2].[c-]1c(-c2cc(-c3ccc4ccccc4c3)cc(-c3cccc4c3[n-]c3ccccc34)n2)cccc1-n1c2ccccc2c2cccnc21. The Labute approximate surface area is 297 Å². The molecule has 0 aliphatic rings. The molecule has 0 radical (unpaired) electrons.